The first kappa shape index (κ1) is 10.6. The fourth-order valence-corrected chi connectivity index (χ4v) is 2.44. The molecule has 0 bridgehead atoms. The largest absolute Gasteiger partial charge is 0.352 e. The van der Waals surface area contributed by atoms with Crippen LogP contribution in [0.15, 0.2) is 11.6 Å². The van der Waals surface area contributed by atoms with Gasteiger partial charge in [0.05, 0.1) is 5.25 Å². The molecule has 0 aromatic rings. The monoisotopic (exact) mass is 199 g/mol. The number of rotatable bonds is 3. The van der Waals surface area contributed by atoms with Crippen LogP contribution in [-0.4, -0.2) is 23.5 Å². The van der Waals surface area contributed by atoms with Crippen LogP contribution in [0.5, 0.6) is 0 Å². The van der Waals surface area contributed by atoms with E-state index in [1.165, 1.54) is 12.0 Å². The van der Waals surface area contributed by atoms with Gasteiger partial charge in [-0.05, 0) is 32.4 Å². The second kappa shape index (κ2) is 5.32. The minimum atomic E-state index is 0.208. The summed E-state index contributed by atoms with van der Waals surface area (Å²) in [7, 11) is 0. The molecule has 0 aromatic carbocycles. The molecular formula is C10H17NOS. The van der Waals surface area contributed by atoms with Gasteiger partial charge in [0.15, 0.2) is 0 Å². The molecule has 0 aromatic heterocycles. The molecule has 0 spiro atoms. The van der Waals surface area contributed by atoms with Crippen molar-refractivity contribution in [1.29, 1.82) is 0 Å². The molecule has 13 heavy (non-hydrogen) atoms. The van der Waals surface area contributed by atoms with Crippen molar-refractivity contribution >= 4 is 17.7 Å². The lowest BCUT2D eigenvalue weighted by Gasteiger charge is -2.07. The number of amides is 1. The molecule has 1 saturated heterocycles. The van der Waals surface area contributed by atoms with Gasteiger partial charge in [0.25, 0.3) is 0 Å². The molecule has 1 fully saturated rings. The normalized spacial score (nSPS) is 21.2. The topological polar surface area (TPSA) is 29.1 Å². The van der Waals surface area contributed by atoms with Gasteiger partial charge in [-0.2, -0.15) is 0 Å². The number of carbonyl (C=O) groups excluding carboxylic acids is 1. The van der Waals surface area contributed by atoms with E-state index in [1.54, 1.807) is 11.8 Å². The van der Waals surface area contributed by atoms with E-state index in [0.29, 0.717) is 6.54 Å². The van der Waals surface area contributed by atoms with Gasteiger partial charge in [-0.1, -0.05) is 11.6 Å². The molecule has 1 N–H and O–H groups in total. The molecule has 0 radical (unpaired) electrons. The smallest absolute Gasteiger partial charge is 0.233 e. The molecule has 2 nitrogen and oxygen atoms in total. The minimum Gasteiger partial charge on any atom is -0.352 e. The summed E-state index contributed by atoms with van der Waals surface area (Å²) in [5.74, 6) is 1.35. The third-order valence-corrected chi connectivity index (χ3v) is 3.39. The first-order chi connectivity index (χ1) is 6.20. The fourth-order valence-electron chi connectivity index (χ4n) is 1.25. The lowest BCUT2D eigenvalue weighted by atomic mass is 10.2. The standard InChI is InChI=1S/C10H17NOS/c1-8(2)5-6-11-10(12)9-4-3-7-13-9/h5,9H,3-4,6-7H2,1-2H3,(H,11,12). The molecule has 74 valence electrons. The Morgan fingerprint density at radius 2 is 2.38 bits per heavy atom. The lowest BCUT2D eigenvalue weighted by Crippen LogP contribution is -2.31. The van der Waals surface area contributed by atoms with Crippen molar-refractivity contribution in [3.8, 4) is 0 Å². The van der Waals surface area contributed by atoms with Gasteiger partial charge in [-0.25, -0.2) is 0 Å². The van der Waals surface area contributed by atoms with E-state index in [1.807, 2.05) is 19.9 Å². The first-order valence-electron chi connectivity index (χ1n) is 4.73. The van der Waals surface area contributed by atoms with Gasteiger partial charge < -0.3 is 5.32 Å². The van der Waals surface area contributed by atoms with Crippen LogP contribution in [0.2, 0.25) is 0 Å². The van der Waals surface area contributed by atoms with Crippen molar-refractivity contribution in [2.45, 2.75) is 31.9 Å². The third kappa shape index (κ3) is 3.85. The van der Waals surface area contributed by atoms with Crippen LogP contribution in [0.25, 0.3) is 0 Å². The quantitative estimate of drug-likeness (QED) is 0.704. The summed E-state index contributed by atoms with van der Waals surface area (Å²) in [5, 5.41) is 3.13. The zero-order valence-electron chi connectivity index (χ0n) is 8.30. The predicted molar refractivity (Wildman–Crippen MR) is 57.9 cm³/mol. The molecule has 0 saturated carbocycles. The lowest BCUT2D eigenvalue weighted by molar-refractivity contribution is -0.120. The Morgan fingerprint density at radius 1 is 1.62 bits per heavy atom. The highest BCUT2D eigenvalue weighted by atomic mass is 32.2. The number of hydrogen-bond acceptors (Lipinski definition) is 2. The number of thioether (sulfide) groups is 1. The van der Waals surface area contributed by atoms with Crippen molar-refractivity contribution in [3.63, 3.8) is 0 Å². The summed E-state index contributed by atoms with van der Waals surface area (Å²) < 4.78 is 0. The Bertz CT molecular complexity index is 203. The van der Waals surface area contributed by atoms with E-state index in [-0.39, 0.29) is 11.2 Å². The molecular weight excluding hydrogens is 182 g/mol. The van der Waals surface area contributed by atoms with Crippen LogP contribution in [-0.2, 0) is 4.79 Å². The summed E-state index contributed by atoms with van der Waals surface area (Å²) in [5.41, 5.74) is 1.25. The second-order valence-corrected chi connectivity index (χ2v) is 4.84. The van der Waals surface area contributed by atoms with Crippen LogP contribution < -0.4 is 5.32 Å². The Kier molecular flexibility index (Phi) is 4.36. The van der Waals surface area contributed by atoms with E-state index >= 15 is 0 Å². The van der Waals surface area contributed by atoms with Gasteiger partial charge in [0, 0.05) is 6.54 Å². The van der Waals surface area contributed by atoms with Crippen LogP contribution >= 0.6 is 11.8 Å². The highest BCUT2D eigenvalue weighted by Gasteiger charge is 2.22. The zero-order chi connectivity index (χ0) is 9.68. The van der Waals surface area contributed by atoms with Crippen LogP contribution in [0.3, 0.4) is 0 Å². The Morgan fingerprint density at radius 3 is 2.92 bits per heavy atom. The van der Waals surface area contributed by atoms with Gasteiger partial charge >= 0.3 is 0 Å². The second-order valence-electron chi connectivity index (χ2n) is 3.53. The van der Waals surface area contributed by atoms with Crippen LogP contribution in [0.1, 0.15) is 26.7 Å². The summed E-state index contributed by atoms with van der Waals surface area (Å²) >= 11 is 1.78. The SMILES string of the molecule is CC(C)=CCNC(=O)C1CCCS1. The summed E-state index contributed by atoms with van der Waals surface area (Å²) in [4.78, 5) is 11.5. The van der Waals surface area contributed by atoms with Crippen molar-refractivity contribution in [1.82, 2.24) is 5.32 Å². The van der Waals surface area contributed by atoms with Gasteiger partial charge in [-0.3, -0.25) is 4.79 Å². The molecule has 0 aliphatic carbocycles. The molecule has 1 aliphatic rings. The van der Waals surface area contributed by atoms with E-state index in [4.69, 9.17) is 0 Å². The highest BCUT2D eigenvalue weighted by molar-refractivity contribution is 8.00. The maximum atomic E-state index is 11.5. The molecule has 1 unspecified atom stereocenters. The average molecular weight is 199 g/mol. The minimum absolute atomic E-state index is 0.208. The van der Waals surface area contributed by atoms with Crippen molar-refractivity contribution in [2.75, 3.05) is 12.3 Å². The maximum Gasteiger partial charge on any atom is 0.233 e. The van der Waals surface area contributed by atoms with E-state index in [0.717, 1.165) is 12.2 Å². The first-order valence-corrected chi connectivity index (χ1v) is 5.77. The van der Waals surface area contributed by atoms with Crippen LogP contribution in [0, 0.1) is 0 Å². The van der Waals surface area contributed by atoms with E-state index in [2.05, 4.69) is 5.32 Å². The molecule has 1 amide bonds. The molecule has 1 rings (SSSR count). The molecule has 1 aliphatic heterocycles. The number of nitrogens with one attached hydrogen (secondary N) is 1. The predicted octanol–water partition coefficient (Wildman–Crippen LogP) is 1.96. The molecule has 1 atom stereocenters. The van der Waals surface area contributed by atoms with E-state index < -0.39 is 0 Å². The van der Waals surface area contributed by atoms with Crippen molar-refractivity contribution in [2.24, 2.45) is 0 Å². The maximum absolute atomic E-state index is 11.5. The molecule has 3 heteroatoms. The van der Waals surface area contributed by atoms with Crippen molar-refractivity contribution in [3.05, 3.63) is 11.6 Å². The Labute approximate surface area is 84.2 Å². The van der Waals surface area contributed by atoms with Gasteiger partial charge in [0.2, 0.25) is 5.91 Å². The summed E-state index contributed by atoms with van der Waals surface area (Å²) in [6.07, 6.45) is 4.27. The fraction of sp³-hybridized carbons (Fsp3) is 0.700. The number of allylic oxidation sites excluding steroid dienone is 1. The van der Waals surface area contributed by atoms with Crippen LogP contribution in [0.4, 0.5) is 0 Å². The molecule has 1 heterocycles. The number of hydrogen-bond donors (Lipinski definition) is 1. The summed E-state index contributed by atoms with van der Waals surface area (Å²) in [6, 6.07) is 0. The Hall–Kier alpha value is -0.440. The average Bonchev–Trinajstić information content (AvgIpc) is 2.55. The highest BCUT2D eigenvalue weighted by Crippen LogP contribution is 2.25. The van der Waals surface area contributed by atoms with E-state index in [9.17, 15) is 4.79 Å². The summed E-state index contributed by atoms with van der Waals surface area (Å²) in [6.45, 7) is 4.76. The Balaban J connectivity index is 2.21. The third-order valence-electron chi connectivity index (χ3n) is 2.01. The zero-order valence-corrected chi connectivity index (χ0v) is 9.12. The van der Waals surface area contributed by atoms with Gasteiger partial charge in [0.1, 0.15) is 0 Å². The van der Waals surface area contributed by atoms with Crippen molar-refractivity contribution < 1.29 is 4.79 Å². The van der Waals surface area contributed by atoms with Gasteiger partial charge in [-0.15, -0.1) is 11.8 Å². The number of carbonyl (C=O) groups is 1.